The third-order valence-electron chi connectivity index (χ3n) is 3.79. The number of amides is 2. The minimum Gasteiger partial charge on any atom is -0.394 e. The normalized spacial score (nSPS) is 20.1. The molecular formula is C15H23N3O3. The van der Waals surface area contributed by atoms with Crippen LogP contribution in [-0.2, 0) is 4.74 Å². The summed E-state index contributed by atoms with van der Waals surface area (Å²) in [5.74, 6) is 0. The lowest BCUT2D eigenvalue weighted by Gasteiger charge is -2.34. The molecule has 0 saturated carbocycles. The number of carbonyl (C=O) groups is 1. The van der Waals surface area contributed by atoms with Gasteiger partial charge in [-0.15, -0.1) is 0 Å². The maximum Gasteiger partial charge on any atom is 0.322 e. The molecular weight excluding hydrogens is 270 g/mol. The van der Waals surface area contributed by atoms with Gasteiger partial charge in [-0.05, 0) is 31.7 Å². The first-order valence-corrected chi connectivity index (χ1v) is 7.19. The molecule has 1 fully saturated rings. The van der Waals surface area contributed by atoms with Crippen molar-refractivity contribution in [1.29, 1.82) is 0 Å². The van der Waals surface area contributed by atoms with Crippen LogP contribution in [0.4, 0.5) is 10.5 Å². The number of benzene rings is 1. The summed E-state index contributed by atoms with van der Waals surface area (Å²) >= 11 is 0. The van der Waals surface area contributed by atoms with Crippen LogP contribution in [0.3, 0.4) is 0 Å². The molecule has 1 aliphatic heterocycles. The molecule has 1 aromatic rings. The number of rotatable bonds is 4. The van der Waals surface area contributed by atoms with Gasteiger partial charge in [0, 0.05) is 18.3 Å². The number of nitrogens with zero attached hydrogens (tertiary/aromatic N) is 1. The van der Waals surface area contributed by atoms with Crippen molar-refractivity contribution in [2.24, 2.45) is 0 Å². The summed E-state index contributed by atoms with van der Waals surface area (Å²) in [6, 6.07) is 7.53. The van der Waals surface area contributed by atoms with Crippen LogP contribution in [-0.4, -0.2) is 55.5 Å². The van der Waals surface area contributed by atoms with Gasteiger partial charge in [0.05, 0.1) is 25.9 Å². The van der Waals surface area contributed by atoms with Gasteiger partial charge in [-0.25, -0.2) is 4.79 Å². The van der Waals surface area contributed by atoms with Crippen LogP contribution in [0.5, 0.6) is 0 Å². The summed E-state index contributed by atoms with van der Waals surface area (Å²) in [7, 11) is 1.91. The maximum atomic E-state index is 12.2. The SMILES string of the molecule is CNC(C)c1ccc(NC(=O)N2CCOCC2CO)cc1. The largest absolute Gasteiger partial charge is 0.394 e. The number of urea groups is 1. The summed E-state index contributed by atoms with van der Waals surface area (Å²) in [5, 5.41) is 15.3. The third-order valence-corrected chi connectivity index (χ3v) is 3.79. The summed E-state index contributed by atoms with van der Waals surface area (Å²) in [5.41, 5.74) is 1.91. The van der Waals surface area contributed by atoms with E-state index in [4.69, 9.17) is 4.74 Å². The number of hydrogen-bond acceptors (Lipinski definition) is 4. The third kappa shape index (κ3) is 3.93. The topological polar surface area (TPSA) is 73.8 Å². The highest BCUT2D eigenvalue weighted by Gasteiger charge is 2.26. The van der Waals surface area contributed by atoms with E-state index in [1.165, 1.54) is 0 Å². The molecule has 0 spiro atoms. The van der Waals surface area contributed by atoms with Gasteiger partial charge in [0.2, 0.25) is 0 Å². The van der Waals surface area contributed by atoms with Gasteiger partial charge in [-0.3, -0.25) is 0 Å². The molecule has 0 aliphatic carbocycles. The van der Waals surface area contributed by atoms with E-state index in [1.54, 1.807) is 4.90 Å². The Labute approximate surface area is 125 Å². The smallest absolute Gasteiger partial charge is 0.322 e. The van der Waals surface area contributed by atoms with Crippen LogP contribution in [0.15, 0.2) is 24.3 Å². The van der Waals surface area contributed by atoms with Crippen molar-refractivity contribution >= 4 is 11.7 Å². The van der Waals surface area contributed by atoms with E-state index < -0.39 is 0 Å². The molecule has 2 unspecified atom stereocenters. The van der Waals surface area contributed by atoms with E-state index in [-0.39, 0.29) is 24.7 Å². The van der Waals surface area contributed by atoms with Crippen molar-refractivity contribution in [2.75, 3.05) is 38.7 Å². The predicted octanol–water partition coefficient (Wildman–Crippen LogP) is 1.19. The zero-order chi connectivity index (χ0) is 15.2. The van der Waals surface area contributed by atoms with E-state index in [2.05, 4.69) is 17.6 Å². The highest BCUT2D eigenvalue weighted by Crippen LogP contribution is 2.17. The second-order valence-corrected chi connectivity index (χ2v) is 5.17. The molecule has 1 heterocycles. The van der Waals surface area contributed by atoms with Crippen LogP contribution in [0.25, 0.3) is 0 Å². The lowest BCUT2D eigenvalue weighted by molar-refractivity contribution is -0.00485. The molecule has 1 aromatic carbocycles. The Morgan fingerprint density at radius 3 is 2.81 bits per heavy atom. The van der Waals surface area contributed by atoms with Crippen molar-refractivity contribution in [3.8, 4) is 0 Å². The Morgan fingerprint density at radius 2 is 2.19 bits per heavy atom. The number of carbonyl (C=O) groups excluding carboxylic acids is 1. The van der Waals surface area contributed by atoms with Crippen molar-refractivity contribution in [3.05, 3.63) is 29.8 Å². The minimum absolute atomic E-state index is 0.0912. The lowest BCUT2D eigenvalue weighted by Crippen LogP contribution is -2.52. The Kier molecular flexibility index (Phi) is 5.55. The van der Waals surface area contributed by atoms with Crippen molar-refractivity contribution in [2.45, 2.75) is 19.0 Å². The molecule has 2 atom stereocenters. The summed E-state index contributed by atoms with van der Waals surface area (Å²) in [6.45, 7) is 3.36. The first kappa shape index (κ1) is 15.8. The number of aliphatic hydroxyl groups is 1. The lowest BCUT2D eigenvalue weighted by atomic mass is 10.1. The molecule has 2 rings (SSSR count). The monoisotopic (exact) mass is 293 g/mol. The highest BCUT2D eigenvalue weighted by molar-refractivity contribution is 5.89. The van der Waals surface area contributed by atoms with E-state index >= 15 is 0 Å². The van der Waals surface area contributed by atoms with E-state index in [0.717, 1.165) is 11.3 Å². The van der Waals surface area contributed by atoms with Crippen molar-refractivity contribution < 1.29 is 14.6 Å². The van der Waals surface area contributed by atoms with Gasteiger partial charge in [0.1, 0.15) is 0 Å². The molecule has 0 bridgehead atoms. The molecule has 21 heavy (non-hydrogen) atoms. The van der Waals surface area contributed by atoms with Crippen LogP contribution in [0, 0.1) is 0 Å². The Hall–Kier alpha value is -1.63. The fraction of sp³-hybridized carbons (Fsp3) is 0.533. The van der Waals surface area contributed by atoms with Crippen LogP contribution in [0.1, 0.15) is 18.5 Å². The van der Waals surface area contributed by atoms with Crippen molar-refractivity contribution in [1.82, 2.24) is 10.2 Å². The molecule has 1 saturated heterocycles. The standard InChI is InChI=1S/C15H23N3O3/c1-11(16-2)12-3-5-13(6-4-12)17-15(20)18-7-8-21-10-14(18)9-19/h3-6,11,14,16,19H,7-10H2,1-2H3,(H,17,20). The Balaban J connectivity index is 1.98. The molecule has 3 N–H and O–H groups in total. The van der Waals surface area contributed by atoms with Crippen LogP contribution < -0.4 is 10.6 Å². The molecule has 0 aromatic heterocycles. The first-order valence-electron chi connectivity index (χ1n) is 7.19. The fourth-order valence-electron chi connectivity index (χ4n) is 2.29. The molecule has 0 radical (unpaired) electrons. The van der Waals surface area contributed by atoms with Gasteiger partial charge >= 0.3 is 6.03 Å². The molecule has 6 heteroatoms. The Bertz CT molecular complexity index is 464. The number of aliphatic hydroxyl groups excluding tert-OH is 1. The zero-order valence-electron chi connectivity index (χ0n) is 12.5. The minimum atomic E-state index is -0.276. The van der Waals surface area contributed by atoms with Gasteiger partial charge in [-0.1, -0.05) is 12.1 Å². The van der Waals surface area contributed by atoms with E-state index in [9.17, 15) is 9.90 Å². The maximum absolute atomic E-state index is 12.2. The molecule has 6 nitrogen and oxygen atoms in total. The van der Waals surface area contributed by atoms with Crippen LogP contribution in [0.2, 0.25) is 0 Å². The zero-order valence-corrected chi connectivity index (χ0v) is 12.5. The molecule has 2 amide bonds. The number of hydrogen-bond donors (Lipinski definition) is 3. The summed E-state index contributed by atoms with van der Waals surface area (Å²) in [4.78, 5) is 13.9. The quantitative estimate of drug-likeness (QED) is 0.779. The Morgan fingerprint density at radius 1 is 1.48 bits per heavy atom. The first-order chi connectivity index (χ1) is 10.2. The second-order valence-electron chi connectivity index (χ2n) is 5.17. The molecule has 1 aliphatic rings. The predicted molar refractivity (Wildman–Crippen MR) is 81.3 cm³/mol. The van der Waals surface area contributed by atoms with Gasteiger partial charge in [0.15, 0.2) is 0 Å². The van der Waals surface area contributed by atoms with Crippen LogP contribution >= 0.6 is 0 Å². The summed E-state index contributed by atoms with van der Waals surface area (Å²) in [6.07, 6.45) is 0. The average Bonchev–Trinajstić information content (AvgIpc) is 2.54. The number of morpholine rings is 1. The molecule has 116 valence electrons. The average molecular weight is 293 g/mol. The van der Waals surface area contributed by atoms with E-state index in [1.807, 2.05) is 31.3 Å². The number of nitrogens with one attached hydrogen (secondary N) is 2. The van der Waals surface area contributed by atoms with E-state index in [0.29, 0.717) is 19.8 Å². The van der Waals surface area contributed by atoms with Gasteiger partial charge in [0.25, 0.3) is 0 Å². The number of ether oxygens (including phenoxy) is 1. The summed E-state index contributed by atoms with van der Waals surface area (Å²) < 4.78 is 5.27. The fourth-order valence-corrected chi connectivity index (χ4v) is 2.29. The van der Waals surface area contributed by atoms with Crippen molar-refractivity contribution in [3.63, 3.8) is 0 Å². The van der Waals surface area contributed by atoms with Gasteiger partial charge < -0.3 is 25.4 Å². The highest BCUT2D eigenvalue weighted by atomic mass is 16.5. The van der Waals surface area contributed by atoms with Gasteiger partial charge in [-0.2, -0.15) is 0 Å². The second kappa shape index (κ2) is 7.40. The number of anilines is 1.